The van der Waals surface area contributed by atoms with E-state index in [4.69, 9.17) is 14.2 Å². The average molecular weight is 469 g/mol. The van der Waals surface area contributed by atoms with Crippen molar-refractivity contribution in [2.24, 2.45) is 0 Å². The first-order chi connectivity index (χ1) is 15.7. The van der Waals surface area contributed by atoms with Crippen molar-refractivity contribution in [3.8, 4) is 11.6 Å². The van der Waals surface area contributed by atoms with Crippen LogP contribution in [0.3, 0.4) is 0 Å². The standard InChI is InChI=1S/C22H23F4N3O4/c23-21(4-5-21)12-31-11-16-3-6-29-19(33-16)9-17(28-29)20(30)27-15-8-13-7-14(22(24,25)26)1-2-18(13)32-10-15/h1-2,7,9,15-16H,3-6,8,10-12H2,(H,27,30)/t15-,16?/m1/s1. The summed E-state index contributed by atoms with van der Waals surface area (Å²) in [6, 6.07) is 4.35. The average Bonchev–Trinajstić information content (AvgIpc) is 3.34. The van der Waals surface area contributed by atoms with Crippen molar-refractivity contribution in [3.63, 3.8) is 0 Å². The second-order valence-corrected chi connectivity index (χ2v) is 8.79. The lowest BCUT2D eigenvalue weighted by atomic mass is 10.00. The molecule has 178 valence electrons. The molecule has 1 saturated carbocycles. The molecule has 11 heteroatoms. The highest BCUT2D eigenvalue weighted by molar-refractivity contribution is 5.92. The molecule has 2 aromatic rings. The Kier molecular flexibility index (Phi) is 5.46. The highest BCUT2D eigenvalue weighted by Crippen LogP contribution is 2.40. The van der Waals surface area contributed by atoms with Crippen LogP contribution < -0.4 is 14.8 Å². The Bertz CT molecular complexity index is 1050. The third-order valence-electron chi connectivity index (χ3n) is 6.01. The van der Waals surface area contributed by atoms with Crippen molar-refractivity contribution in [2.45, 2.75) is 56.2 Å². The van der Waals surface area contributed by atoms with Gasteiger partial charge in [0.15, 0.2) is 5.69 Å². The quantitative estimate of drug-likeness (QED) is 0.658. The first-order valence-electron chi connectivity index (χ1n) is 10.8. The molecular weight excluding hydrogens is 446 g/mol. The molecule has 1 N–H and O–H groups in total. The molecule has 1 unspecified atom stereocenters. The molecule has 0 bridgehead atoms. The molecule has 0 spiro atoms. The van der Waals surface area contributed by atoms with Gasteiger partial charge < -0.3 is 19.5 Å². The summed E-state index contributed by atoms with van der Waals surface area (Å²) < 4.78 is 71.0. The van der Waals surface area contributed by atoms with E-state index in [0.717, 1.165) is 12.1 Å². The van der Waals surface area contributed by atoms with Crippen LogP contribution >= 0.6 is 0 Å². The fourth-order valence-corrected chi connectivity index (χ4v) is 3.96. The molecule has 2 aliphatic heterocycles. The number of fused-ring (bicyclic) bond motifs is 2. The number of hydrogen-bond acceptors (Lipinski definition) is 5. The molecule has 3 heterocycles. The van der Waals surface area contributed by atoms with E-state index >= 15 is 0 Å². The second kappa shape index (κ2) is 8.19. The maximum atomic E-state index is 13.6. The largest absolute Gasteiger partial charge is 0.491 e. The minimum atomic E-state index is -4.45. The van der Waals surface area contributed by atoms with Gasteiger partial charge in [-0.2, -0.15) is 18.3 Å². The lowest BCUT2D eigenvalue weighted by molar-refractivity contribution is -0.137. The molecule has 1 aromatic heterocycles. The van der Waals surface area contributed by atoms with Gasteiger partial charge in [0.05, 0.1) is 24.8 Å². The van der Waals surface area contributed by atoms with Crippen molar-refractivity contribution in [2.75, 3.05) is 19.8 Å². The number of nitrogens with one attached hydrogen (secondary N) is 1. The number of aromatic nitrogens is 2. The van der Waals surface area contributed by atoms with Crippen LogP contribution in [-0.4, -0.2) is 53.3 Å². The Morgan fingerprint density at radius 2 is 2.12 bits per heavy atom. The molecule has 1 amide bonds. The van der Waals surface area contributed by atoms with Crippen LogP contribution in [0.2, 0.25) is 0 Å². The second-order valence-electron chi connectivity index (χ2n) is 8.79. The number of amides is 1. The van der Waals surface area contributed by atoms with E-state index in [1.54, 1.807) is 4.68 Å². The fourth-order valence-electron chi connectivity index (χ4n) is 3.96. The van der Waals surface area contributed by atoms with Gasteiger partial charge in [-0.3, -0.25) is 4.79 Å². The first kappa shape index (κ1) is 22.0. The molecule has 1 aliphatic carbocycles. The number of alkyl halides is 4. The van der Waals surface area contributed by atoms with E-state index in [9.17, 15) is 22.4 Å². The summed E-state index contributed by atoms with van der Waals surface area (Å²) in [5, 5.41) is 7.03. The number of rotatable bonds is 6. The van der Waals surface area contributed by atoms with Gasteiger partial charge in [0.2, 0.25) is 5.88 Å². The predicted octanol–water partition coefficient (Wildman–Crippen LogP) is 3.31. The monoisotopic (exact) mass is 469 g/mol. The summed E-state index contributed by atoms with van der Waals surface area (Å²) in [7, 11) is 0. The molecule has 1 aromatic carbocycles. The third-order valence-corrected chi connectivity index (χ3v) is 6.01. The molecule has 0 saturated heterocycles. The normalized spacial score (nSPS) is 23.0. The minimum Gasteiger partial charge on any atom is -0.491 e. The number of aryl methyl sites for hydroxylation is 1. The number of hydrogen-bond donors (Lipinski definition) is 1. The SMILES string of the molecule is O=C(N[C@H]1COc2ccc(C(F)(F)F)cc2C1)c1cc2n(n1)CCC(COCC1(F)CC1)O2. The molecule has 5 rings (SSSR count). The Hall–Kier alpha value is -2.82. The molecular formula is C22H23F4N3O4. The summed E-state index contributed by atoms with van der Waals surface area (Å²) in [4.78, 5) is 12.7. The summed E-state index contributed by atoms with van der Waals surface area (Å²) in [5.74, 6) is 0.333. The van der Waals surface area contributed by atoms with Gasteiger partial charge in [-0.1, -0.05) is 0 Å². The zero-order valence-corrected chi connectivity index (χ0v) is 17.7. The van der Waals surface area contributed by atoms with E-state index in [1.807, 2.05) is 0 Å². The Balaban J connectivity index is 1.18. The smallest absolute Gasteiger partial charge is 0.416 e. The zero-order chi connectivity index (χ0) is 23.2. The van der Waals surface area contributed by atoms with Crippen LogP contribution in [0.4, 0.5) is 17.6 Å². The highest BCUT2D eigenvalue weighted by Gasteiger charge is 2.43. The lowest BCUT2D eigenvalue weighted by Crippen LogP contribution is -2.43. The maximum absolute atomic E-state index is 13.6. The van der Waals surface area contributed by atoms with E-state index in [2.05, 4.69) is 10.4 Å². The number of benzene rings is 1. The van der Waals surface area contributed by atoms with Crippen molar-refractivity contribution >= 4 is 5.91 Å². The van der Waals surface area contributed by atoms with Crippen molar-refractivity contribution in [1.82, 2.24) is 15.1 Å². The molecule has 2 atom stereocenters. The van der Waals surface area contributed by atoms with E-state index in [-0.39, 0.29) is 38.0 Å². The van der Waals surface area contributed by atoms with Crippen molar-refractivity contribution in [3.05, 3.63) is 41.1 Å². The lowest BCUT2D eigenvalue weighted by Gasteiger charge is -2.26. The highest BCUT2D eigenvalue weighted by atomic mass is 19.4. The molecule has 1 fully saturated rings. The number of carbonyl (C=O) groups excluding carboxylic acids is 1. The van der Waals surface area contributed by atoms with Gasteiger partial charge in [-0.15, -0.1) is 0 Å². The summed E-state index contributed by atoms with van der Waals surface area (Å²) in [5.41, 5.74) is -1.41. The topological polar surface area (TPSA) is 74.6 Å². The number of halogens is 4. The zero-order valence-electron chi connectivity index (χ0n) is 17.7. The maximum Gasteiger partial charge on any atom is 0.416 e. The molecule has 33 heavy (non-hydrogen) atoms. The van der Waals surface area contributed by atoms with Crippen molar-refractivity contribution < 1.29 is 36.6 Å². The van der Waals surface area contributed by atoms with Crippen LogP contribution in [0, 0.1) is 0 Å². The van der Waals surface area contributed by atoms with Gasteiger partial charge in [0.25, 0.3) is 5.91 Å². The van der Waals surface area contributed by atoms with Gasteiger partial charge in [-0.05, 0) is 43.0 Å². The number of nitrogens with zero attached hydrogens (tertiary/aromatic N) is 2. The summed E-state index contributed by atoms with van der Waals surface area (Å²) in [6.45, 7) is 0.995. The van der Waals surface area contributed by atoms with Gasteiger partial charge >= 0.3 is 6.18 Å². The first-order valence-corrected chi connectivity index (χ1v) is 10.8. The fraction of sp³-hybridized carbons (Fsp3) is 0.545. The summed E-state index contributed by atoms with van der Waals surface area (Å²) >= 11 is 0. The van der Waals surface area contributed by atoms with Crippen LogP contribution in [0.15, 0.2) is 24.3 Å². The van der Waals surface area contributed by atoms with E-state index in [1.165, 1.54) is 12.1 Å². The van der Waals surface area contributed by atoms with Crippen LogP contribution in [0.5, 0.6) is 11.6 Å². The van der Waals surface area contributed by atoms with E-state index in [0.29, 0.717) is 43.0 Å². The van der Waals surface area contributed by atoms with Gasteiger partial charge in [-0.25, -0.2) is 9.07 Å². The van der Waals surface area contributed by atoms with Crippen molar-refractivity contribution in [1.29, 1.82) is 0 Å². The molecule has 0 radical (unpaired) electrons. The Morgan fingerprint density at radius 1 is 1.30 bits per heavy atom. The predicted molar refractivity (Wildman–Crippen MR) is 107 cm³/mol. The molecule has 7 nitrogen and oxygen atoms in total. The number of ether oxygens (including phenoxy) is 3. The van der Waals surface area contributed by atoms with Gasteiger partial charge in [0.1, 0.15) is 24.1 Å². The van der Waals surface area contributed by atoms with Crippen LogP contribution in [-0.2, 0) is 23.9 Å². The van der Waals surface area contributed by atoms with Crippen LogP contribution in [0.25, 0.3) is 0 Å². The van der Waals surface area contributed by atoms with Crippen LogP contribution in [0.1, 0.15) is 40.9 Å². The minimum absolute atomic E-state index is 0.0663. The Labute approximate surface area is 187 Å². The Morgan fingerprint density at radius 3 is 2.88 bits per heavy atom. The van der Waals surface area contributed by atoms with Gasteiger partial charge in [0, 0.05) is 19.0 Å². The third kappa shape index (κ3) is 4.92. The van der Waals surface area contributed by atoms with E-state index < -0.39 is 29.4 Å². The summed E-state index contributed by atoms with van der Waals surface area (Å²) in [6.07, 6.45) is -2.81. The molecule has 3 aliphatic rings. The number of carbonyl (C=O) groups is 1.